The van der Waals surface area contributed by atoms with Gasteiger partial charge in [0, 0.05) is 5.56 Å². The number of anilines is 1. The van der Waals surface area contributed by atoms with E-state index in [1.54, 1.807) is 12.3 Å². The standard InChI is InChI=1S/C14H13NO5S/c1-7-6-21-12(14(19)20-2)11(7)15-13(18)8-3-4-9(16)10(17)5-8/h3-6,16-17H,1-2H3,(H,15,18). The Morgan fingerprint density at radius 2 is 1.95 bits per heavy atom. The highest BCUT2D eigenvalue weighted by Crippen LogP contribution is 2.30. The minimum Gasteiger partial charge on any atom is -0.504 e. The predicted octanol–water partition coefficient (Wildman–Crippen LogP) is 2.51. The summed E-state index contributed by atoms with van der Waals surface area (Å²) in [4.78, 5) is 24.1. The van der Waals surface area contributed by atoms with E-state index in [1.165, 1.54) is 30.6 Å². The number of thiophene rings is 1. The first-order chi connectivity index (χ1) is 9.93. The van der Waals surface area contributed by atoms with E-state index in [2.05, 4.69) is 10.1 Å². The number of aryl methyl sites for hydroxylation is 1. The average Bonchev–Trinajstić information content (AvgIpc) is 2.82. The van der Waals surface area contributed by atoms with Gasteiger partial charge in [-0.2, -0.15) is 0 Å². The molecule has 0 aliphatic rings. The van der Waals surface area contributed by atoms with Crippen molar-refractivity contribution in [3.63, 3.8) is 0 Å². The molecular weight excluding hydrogens is 294 g/mol. The minimum absolute atomic E-state index is 0.159. The first-order valence-electron chi connectivity index (χ1n) is 5.93. The van der Waals surface area contributed by atoms with Gasteiger partial charge in [0.2, 0.25) is 0 Å². The molecule has 0 bridgehead atoms. The van der Waals surface area contributed by atoms with Gasteiger partial charge in [-0.3, -0.25) is 4.79 Å². The van der Waals surface area contributed by atoms with Crippen LogP contribution in [0, 0.1) is 6.92 Å². The number of amides is 1. The van der Waals surface area contributed by atoms with Crippen molar-refractivity contribution in [2.45, 2.75) is 6.92 Å². The molecular formula is C14H13NO5S. The topological polar surface area (TPSA) is 95.9 Å². The summed E-state index contributed by atoms with van der Waals surface area (Å²) in [5, 5.41) is 23.0. The number of methoxy groups -OCH3 is 1. The molecule has 0 spiro atoms. The summed E-state index contributed by atoms with van der Waals surface area (Å²) in [6.45, 7) is 1.76. The largest absolute Gasteiger partial charge is 0.504 e. The molecule has 0 atom stereocenters. The first-order valence-corrected chi connectivity index (χ1v) is 6.81. The number of carbonyl (C=O) groups excluding carboxylic acids is 2. The fraction of sp³-hybridized carbons (Fsp3) is 0.143. The van der Waals surface area contributed by atoms with Crippen LogP contribution in [0.15, 0.2) is 23.6 Å². The van der Waals surface area contributed by atoms with Crippen molar-refractivity contribution < 1.29 is 24.5 Å². The van der Waals surface area contributed by atoms with Crippen LogP contribution < -0.4 is 5.32 Å². The van der Waals surface area contributed by atoms with Gasteiger partial charge in [-0.1, -0.05) is 0 Å². The van der Waals surface area contributed by atoms with Gasteiger partial charge >= 0.3 is 5.97 Å². The lowest BCUT2D eigenvalue weighted by Crippen LogP contribution is -2.14. The number of nitrogens with one attached hydrogen (secondary N) is 1. The zero-order chi connectivity index (χ0) is 15.6. The fourth-order valence-electron chi connectivity index (χ4n) is 1.69. The van der Waals surface area contributed by atoms with Crippen molar-refractivity contribution in [1.29, 1.82) is 0 Å². The molecule has 110 valence electrons. The van der Waals surface area contributed by atoms with Crippen LogP contribution in [0.1, 0.15) is 25.6 Å². The summed E-state index contributed by atoms with van der Waals surface area (Å²) >= 11 is 1.17. The van der Waals surface area contributed by atoms with Crippen molar-refractivity contribution in [2.24, 2.45) is 0 Å². The predicted molar refractivity (Wildman–Crippen MR) is 78.1 cm³/mol. The van der Waals surface area contributed by atoms with E-state index in [4.69, 9.17) is 0 Å². The number of hydrogen-bond acceptors (Lipinski definition) is 6. The van der Waals surface area contributed by atoms with Crippen molar-refractivity contribution in [3.05, 3.63) is 39.6 Å². The Labute approximate surface area is 124 Å². The molecule has 1 amide bonds. The molecule has 1 heterocycles. The van der Waals surface area contributed by atoms with Crippen LogP contribution in [0.2, 0.25) is 0 Å². The molecule has 3 N–H and O–H groups in total. The van der Waals surface area contributed by atoms with Gasteiger partial charge in [-0.15, -0.1) is 11.3 Å². The van der Waals surface area contributed by atoms with Crippen LogP contribution in [0.25, 0.3) is 0 Å². The van der Waals surface area contributed by atoms with Gasteiger partial charge in [0.1, 0.15) is 4.88 Å². The second kappa shape index (κ2) is 5.84. The Hall–Kier alpha value is -2.54. The fourth-order valence-corrected chi connectivity index (χ4v) is 2.61. The maximum absolute atomic E-state index is 12.1. The van der Waals surface area contributed by atoms with Gasteiger partial charge < -0.3 is 20.3 Å². The lowest BCUT2D eigenvalue weighted by atomic mass is 10.1. The number of ether oxygens (including phenoxy) is 1. The lowest BCUT2D eigenvalue weighted by Gasteiger charge is -2.08. The molecule has 1 aromatic carbocycles. The quantitative estimate of drug-likeness (QED) is 0.598. The molecule has 2 rings (SSSR count). The maximum Gasteiger partial charge on any atom is 0.350 e. The third kappa shape index (κ3) is 2.97. The van der Waals surface area contributed by atoms with Gasteiger partial charge in [0.15, 0.2) is 11.5 Å². The van der Waals surface area contributed by atoms with Crippen LogP contribution in [-0.4, -0.2) is 29.2 Å². The number of rotatable bonds is 3. The smallest absolute Gasteiger partial charge is 0.350 e. The molecule has 0 radical (unpaired) electrons. The Balaban J connectivity index is 2.29. The minimum atomic E-state index is -0.531. The first kappa shape index (κ1) is 14.9. The zero-order valence-corrected chi connectivity index (χ0v) is 12.2. The molecule has 1 aromatic heterocycles. The number of phenols is 2. The highest BCUT2D eigenvalue weighted by Gasteiger charge is 2.19. The Bertz CT molecular complexity index is 707. The van der Waals surface area contributed by atoms with Crippen molar-refractivity contribution >= 4 is 28.9 Å². The monoisotopic (exact) mass is 307 g/mol. The normalized spacial score (nSPS) is 10.2. The summed E-state index contributed by atoms with van der Waals surface area (Å²) in [6.07, 6.45) is 0. The number of aromatic hydroxyl groups is 2. The van der Waals surface area contributed by atoms with E-state index in [0.717, 1.165) is 11.6 Å². The Morgan fingerprint density at radius 3 is 2.57 bits per heavy atom. The third-order valence-electron chi connectivity index (χ3n) is 2.82. The summed E-state index contributed by atoms with van der Waals surface area (Å²) in [5.41, 5.74) is 1.27. The third-order valence-corrected chi connectivity index (χ3v) is 3.90. The van der Waals surface area contributed by atoms with Crippen LogP contribution in [0.3, 0.4) is 0 Å². The number of benzene rings is 1. The highest BCUT2D eigenvalue weighted by molar-refractivity contribution is 7.12. The summed E-state index contributed by atoms with van der Waals surface area (Å²) < 4.78 is 4.66. The molecule has 6 nitrogen and oxygen atoms in total. The number of esters is 1. The van der Waals surface area contributed by atoms with E-state index in [0.29, 0.717) is 10.6 Å². The van der Waals surface area contributed by atoms with E-state index < -0.39 is 17.6 Å². The SMILES string of the molecule is COC(=O)c1scc(C)c1NC(=O)c1ccc(O)c(O)c1. The van der Waals surface area contributed by atoms with Crippen molar-refractivity contribution in [2.75, 3.05) is 12.4 Å². The Kier molecular flexibility index (Phi) is 4.13. The molecule has 21 heavy (non-hydrogen) atoms. The molecule has 0 aliphatic heterocycles. The maximum atomic E-state index is 12.1. The van der Waals surface area contributed by atoms with Crippen LogP contribution in [-0.2, 0) is 4.74 Å². The van der Waals surface area contributed by atoms with Crippen LogP contribution in [0.5, 0.6) is 11.5 Å². The van der Waals surface area contributed by atoms with E-state index in [1.807, 2.05) is 0 Å². The average molecular weight is 307 g/mol. The van der Waals surface area contributed by atoms with Crippen molar-refractivity contribution in [1.82, 2.24) is 0 Å². The second-order valence-corrected chi connectivity index (χ2v) is 5.15. The number of hydrogen-bond donors (Lipinski definition) is 3. The molecule has 0 unspecified atom stereocenters. The molecule has 0 aliphatic carbocycles. The van der Waals surface area contributed by atoms with Gasteiger partial charge in [-0.05, 0) is 36.1 Å². The Morgan fingerprint density at radius 1 is 1.24 bits per heavy atom. The van der Waals surface area contributed by atoms with E-state index in [9.17, 15) is 19.8 Å². The van der Waals surface area contributed by atoms with Gasteiger partial charge in [0.25, 0.3) is 5.91 Å². The lowest BCUT2D eigenvalue weighted by molar-refractivity contribution is 0.0607. The van der Waals surface area contributed by atoms with Crippen LogP contribution in [0.4, 0.5) is 5.69 Å². The molecule has 0 fully saturated rings. The van der Waals surface area contributed by atoms with Crippen molar-refractivity contribution in [3.8, 4) is 11.5 Å². The molecule has 0 saturated heterocycles. The second-order valence-electron chi connectivity index (χ2n) is 4.27. The highest BCUT2D eigenvalue weighted by atomic mass is 32.1. The summed E-state index contributed by atoms with van der Waals surface area (Å²) in [6, 6.07) is 3.72. The van der Waals surface area contributed by atoms with Gasteiger partial charge in [-0.25, -0.2) is 4.79 Å². The molecule has 2 aromatic rings. The van der Waals surface area contributed by atoms with E-state index >= 15 is 0 Å². The van der Waals surface area contributed by atoms with E-state index in [-0.39, 0.29) is 11.3 Å². The summed E-state index contributed by atoms with van der Waals surface area (Å²) in [7, 11) is 1.26. The zero-order valence-electron chi connectivity index (χ0n) is 11.3. The number of carbonyl (C=O) groups is 2. The van der Waals surface area contributed by atoms with Gasteiger partial charge in [0.05, 0.1) is 12.8 Å². The summed E-state index contributed by atoms with van der Waals surface area (Å²) in [5.74, 6) is -1.74. The number of phenolic OH excluding ortho intramolecular Hbond substituents is 2. The van der Waals surface area contributed by atoms with Crippen LogP contribution >= 0.6 is 11.3 Å². The molecule has 0 saturated carbocycles. The molecule has 7 heteroatoms.